The molecule has 8 aromatic carbocycles. The van der Waals surface area contributed by atoms with E-state index in [0.717, 1.165) is 40.7 Å². The van der Waals surface area contributed by atoms with Gasteiger partial charge in [-0.25, -0.2) is 0 Å². The van der Waals surface area contributed by atoms with Gasteiger partial charge in [0.15, 0.2) is 11.5 Å². The van der Waals surface area contributed by atoms with Gasteiger partial charge in [-0.3, -0.25) is 0 Å². The van der Waals surface area contributed by atoms with Crippen molar-refractivity contribution in [3.63, 3.8) is 0 Å². The van der Waals surface area contributed by atoms with Crippen LogP contribution in [0.1, 0.15) is 128 Å². The summed E-state index contributed by atoms with van der Waals surface area (Å²) in [6.07, 6.45) is 4.67. The van der Waals surface area contributed by atoms with Crippen LogP contribution in [-0.2, 0) is 27.1 Å². The normalized spacial score (nSPS) is 18.9. The molecule has 15 rings (SSSR count). The molecule has 0 N–H and O–H groups in total. The number of rotatable bonds is 2. The molecule has 0 saturated heterocycles. The van der Waals surface area contributed by atoms with E-state index in [-0.39, 0.29) is 33.8 Å². The van der Waals surface area contributed by atoms with Gasteiger partial charge in [0.1, 0.15) is 0 Å². The average molecular weight is 994 g/mol. The third kappa shape index (κ3) is 6.18. The van der Waals surface area contributed by atoms with Gasteiger partial charge < -0.3 is 19.4 Å². The van der Waals surface area contributed by atoms with Gasteiger partial charge in [-0.15, -0.1) is 11.3 Å². The van der Waals surface area contributed by atoms with Crippen LogP contribution in [0.2, 0.25) is 0 Å². The van der Waals surface area contributed by atoms with Crippen molar-refractivity contribution in [2.75, 3.05) is 14.7 Å². The monoisotopic (exact) mass is 993 g/mol. The molecule has 0 atom stereocenters. The SMILES string of the molecule is CC1(C)CCC(C)(C)c2cc(N3c4ccc5c(c4)N(c4ccccc4Oc4ccccc43)c3cccc4c3B5c3sc5cc6c(cc5c3N4c3cccc4c3-c3ccccc3C4(C)C)C(C)(C)CCC6(C)C)ccc21. The summed E-state index contributed by atoms with van der Waals surface area (Å²) in [7, 11) is 0. The number of nitrogens with zero attached hydrogens (tertiary/aromatic N) is 3. The zero-order valence-corrected chi connectivity index (χ0v) is 45.9. The second-order valence-corrected chi connectivity index (χ2v) is 26.9. The molecule has 9 aromatic rings. The van der Waals surface area contributed by atoms with Crippen LogP contribution in [0.5, 0.6) is 11.5 Å². The number of ether oxygens (including phenoxy) is 1. The van der Waals surface area contributed by atoms with E-state index in [0.29, 0.717) is 0 Å². The van der Waals surface area contributed by atoms with E-state index >= 15 is 0 Å². The van der Waals surface area contributed by atoms with Gasteiger partial charge in [0, 0.05) is 54.3 Å². The fourth-order valence-corrected chi connectivity index (χ4v) is 16.1. The van der Waals surface area contributed by atoms with E-state index in [2.05, 4.69) is 242 Å². The highest BCUT2D eigenvalue weighted by Gasteiger charge is 2.49. The Morgan fingerprint density at radius 3 is 1.68 bits per heavy atom. The van der Waals surface area contributed by atoms with Gasteiger partial charge in [0.2, 0.25) is 0 Å². The molecule has 4 heterocycles. The van der Waals surface area contributed by atoms with Crippen LogP contribution < -0.4 is 35.1 Å². The van der Waals surface area contributed by atoms with E-state index in [9.17, 15) is 0 Å². The van der Waals surface area contributed by atoms with Crippen LogP contribution in [0, 0.1) is 0 Å². The molecule has 3 aliphatic carbocycles. The molecule has 6 aliphatic rings. The fraction of sp³-hybridized carbons (Fsp3) is 0.275. The zero-order chi connectivity index (χ0) is 51.3. The summed E-state index contributed by atoms with van der Waals surface area (Å²) in [6.45, 7) is 24.4. The molecule has 0 amide bonds. The molecule has 2 bridgehead atoms. The molecule has 75 heavy (non-hydrogen) atoms. The summed E-state index contributed by atoms with van der Waals surface area (Å²) in [4.78, 5) is 7.69. The Bertz CT molecular complexity index is 3970. The van der Waals surface area contributed by atoms with Gasteiger partial charge >= 0.3 is 0 Å². The van der Waals surface area contributed by atoms with Crippen LogP contribution >= 0.6 is 11.3 Å². The first-order valence-electron chi connectivity index (χ1n) is 27.5. The standard InChI is InChI=1S/C69H64BN3OS/c1-65(2)33-34-66(3,4)48-37-41(29-31-46(48)65)71-42-30-32-51-57(38-42)72(53-23-14-16-28-59(53)74-58-27-15-13-22-52(58)71)55-25-18-26-56-62(55)70(51)64-63(44-39-49-50(40-60(44)75-64)68(7,8)36-35-67(49,5)6)73(56)54-24-17-21-47-61(54)43-19-11-12-20-45(43)69(47,9)10/h11-32,37-40H,33-36H2,1-10H3. The quantitative estimate of drug-likeness (QED) is 0.161. The maximum atomic E-state index is 7.33. The van der Waals surface area contributed by atoms with E-state index < -0.39 is 0 Å². The largest absolute Gasteiger partial charge is 0.453 e. The van der Waals surface area contributed by atoms with E-state index in [1.165, 1.54) is 118 Å². The lowest BCUT2D eigenvalue weighted by atomic mass is 9.36. The van der Waals surface area contributed by atoms with E-state index in [1.807, 2.05) is 11.3 Å². The minimum absolute atomic E-state index is 0.0257. The number of thiophene rings is 1. The molecular formula is C69H64BN3OS. The van der Waals surface area contributed by atoms with Gasteiger partial charge in [-0.05, 0) is 176 Å². The van der Waals surface area contributed by atoms with E-state index in [1.54, 1.807) is 0 Å². The number of benzene rings is 8. The van der Waals surface area contributed by atoms with Gasteiger partial charge in [0.25, 0.3) is 6.71 Å². The molecule has 0 spiro atoms. The van der Waals surface area contributed by atoms with Crippen LogP contribution in [0.15, 0.2) is 158 Å². The lowest BCUT2D eigenvalue weighted by Crippen LogP contribution is -2.60. The van der Waals surface area contributed by atoms with Crippen LogP contribution in [0.25, 0.3) is 21.2 Å². The summed E-state index contributed by atoms with van der Waals surface area (Å²) in [5.74, 6) is 1.63. The number of hydrogen-bond acceptors (Lipinski definition) is 5. The predicted octanol–water partition coefficient (Wildman–Crippen LogP) is 17.6. The molecule has 0 saturated carbocycles. The third-order valence-corrected chi connectivity index (χ3v) is 20.4. The zero-order valence-electron chi connectivity index (χ0n) is 45.1. The Kier molecular flexibility index (Phi) is 9.14. The fourth-order valence-electron chi connectivity index (χ4n) is 14.8. The second kappa shape index (κ2) is 15.1. The van der Waals surface area contributed by atoms with Crippen molar-refractivity contribution in [3.8, 4) is 22.6 Å². The molecular weight excluding hydrogens is 930 g/mol. The Balaban J connectivity index is 1.03. The number of fused-ring (bicyclic) bond motifs is 15. The first-order valence-corrected chi connectivity index (χ1v) is 28.3. The van der Waals surface area contributed by atoms with Crippen LogP contribution in [0.4, 0.5) is 51.2 Å². The molecule has 0 radical (unpaired) electrons. The summed E-state index contributed by atoms with van der Waals surface area (Å²) >= 11 is 2.02. The number of anilines is 9. The Morgan fingerprint density at radius 1 is 0.427 bits per heavy atom. The Labute approximate surface area is 447 Å². The Morgan fingerprint density at radius 2 is 0.960 bits per heavy atom. The van der Waals surface area contributed by atoms with Crippen molar-refractivity contribution in [2.24, 2.45) is 0 Å². The highest BCUT2D eigenvalue weighted by atomic mass is 32.1. The summed E-state index contributed by atoms with van der Waals surface area (Å²) in [5, 5.41) is 1.36. The first-order chi connectivity index (χ1) is 35.9. The molecule has 4 nitrogen and oxygen atoms in total. The summed E-state index contributed by atoms with van der Waals surface area (Å²) < 4.78 is 10.1. The van der Waals surface area contributed by atoms with Crippen molar-refractivity contribution < 1.29 is 4.74 Å². The van der Waals surface area contributed by atoms with Crippen molar-refractivity contribution in [1.29, 1.82) is 0 Å². The van der Waals surface area contributed by atoms with Crippen molar-refractivity contribution >= 4 is 95.0 Å². The van der Waals surface area contributed by atoms with Gasteiger partial charge in [-0.2, -0.15) is 0 Å². The lowest BCUT2D eigenvalue weighted by molar-refractivity contribution is 0.332. The second-order valence-electron chi connectivity index (χ2n) is 25.8. The van der Waals surface area contributed by atoms with Crippen LogP contribution in [0.3, 0.4) is 0 Å². The summed E-state index contributed by atoms with van der Waals surface area (Å²) in [5.41, 5.74) is 24.5. The maximum Gasteiger partial charge on any atom is 0.264 e. The summed E-state index contributed by atoms with van der Waals surface area (Å²) in [6, 6.07) is 60.5. The molecule has 370 valence electrons. The van der Waals surface area contributed by atoms with Crippen molar-refractivity contribution in [1.82, 2.24) is 0 Å². The molecule has 1 aromatic heterocycles. The predicted molar refractivity (Wildman–Crippen MR) is 319 cm³/mol. The molecule has 0 fully saturated rings. The van der Waals surface area contributed by atoms with Crippen molar-refractivity contribution in [3.05, 3.63) is 191 Å². The van der Waals surface area contributed by atoms with E-state index in [4.69, 9.17) is 4.74 Å². The minimum atomic E-state index is -0.148. The smallest absolute Gasteiger partial charge is 0.264 e. The maximum absolute atomic E-state index is 7.33. The molecule has 0 unspecified atom stereocenters. The third-order valence-electron chi connectivity index (χ3n) is 19.2. The lowest BCUT2D eigenvalue weighted by Gasteiger charge is -2.44. The first kappa shape index (κ1) is 45.4. The number of hydrogen-bond donors (Lipinski definition) is 0. The highest BCUT2D eigenvalue weighted by molar-refractivity contribution is 7.33. The highest BCUT2D eigenvalue weighted by Crippen LogP contribution is 2.59. The van der Waals surface area contributed by atoms with Gasteiger partial charge in [0.05, 0.1) is 22.7 Å². The molecule has 6 heteroatoms. The topological polar surface area (TPSA) is 19.0 Å². The van der Waals surface area contributed by atoms with Crippen LogP contribution in [-0.4, -0.2) is 6.71 Å². The van der Waals surface area contributed by atoms with Gasteiger partial charge in [-0.1, -0.05) is 148 Å². The van der Waals surface area contributed by atoms with Crippen molar-refractivity contribution in [2.45, 2.75) is 122 Å². The minimum Gasteiger partial charge on any atom is -0.453 e. The average Bonchev–Trinajstić information content (AvgIpc) is 4.00. The number of para-hydroxylation sites is 4. The molecule has 3 aliphatic heterocycles. The Hall–Kier alpha value is -7.02.